The molecule has 1 atom stereocenters. The summed E-state index contributed by atoms with van der Waals surface area (Å²) in [5.74, 6) is 0.835. The van der Waals surface area contributed by atoms with Gasteiger partial charge in [-0.05, 0) is 61.5 Å². The number of fused-ring (bicyclic) bond motifs is 1. The van der Waals surface area contributed by atoms with Gasteiger partial charge in [0.25, 0.3) is 0 Å². The van der Waals surface area contributed by atoms with E-state index in [0.29, 0.717) is 0 Å². The zero-order valence-corrected chi connectivity index (χ0v) is 9.08. The molecule has 2 nitrogen and oxygen atoms in total. The molecule has 0 bridgehead atoms. The maximum atomic E-state index is 5.80. The molecule has 1 aliphatic carbocycles. The molecule has 0 aromatic heterocycles. The van der Waals surface area contributed by atoms with Crippen molar-refractivity contribution < 1.29 is 0 Å². The molecule has 1 aliphatic heterocycles. The fourth-order valence-electron chi connectivity index (χ4n) is 2.79. The summed E-state index contributed by atoms with van der Waals surface area (Å²) >= 11 is 0. The lowest BCUT2D eigenvalue weighted by molar-refractivity contribution is 0.154. The molecule has 1 heterocycles. The predicted molar refractivity (Wildman–Crippen MR) is 62.8 cm³/mol. The maximum Gasteiger partial charge on any atom is 0.0316 e. The van der Waals surface area contributed by atoms with Crippen molar-refractivity contribution >= 4 is 5.69 Å². The van der Waals surface area contributed by atoms with E-state index in [1.165, 1.54) is 50.0 Å². The molecule has 0 spiro atoms. The minimum absolute atomic E-state index is 0.835. The second-order valence-electron chi connectivity index (χ2n) is 4.96. The molecule has 2 heteroatoms. The quantitative estimate of drug-likeness (QED) is 0.739. The van der Waals surface area contributed by atoms with Crippen LogP contribution in [0.1, 0.15) is 17.5 Å². The lowest BCUT2D eigenvalue weighted by Crippen LogP contribution is -2.40. The van der Waals surface area contributed by atoms with Crippen molar-refractivity contribution in [3.8, 4) is 0 Å². The van der Waals surface area contributed by atoms with Gasteiger partial charge in [-0.2, -0.15) is 0 Å². The molecule has 2 aliphatic rings. The fraction of sp³-hybridized carbons (Fsp3) is 0.538. The van der Waals surface area contributed by atoms with Crippen LogP contribution in [0.25, 0.3) is 0 Å². The number of nitrogens with two attached hydrogens (primary N) is 1. The molecule has 0 radical (unpaired) electrons. The van der Waals surface area contributed by atoms with Crippen molar-refractivity contribution in [1.29, 1.82) is 0 Å². The summed E-state index contributed by atoms with van der Waals surface area (Å²) in [5.41, 5.74) is 9.73. The first-order valence-corrected chi connectivity index (χ1v) is 5.91. The zero-order chi connectivity index (χ0) is 10.3. The van der Waals surface area contributed by atoms with Crippen LogP contribution in [0.15, 0.2) is 18.2 Å². The SMILES string of the molecule is Nc1ccc2c(c1)CC(CN1CCC1)C2. The second kappa shape index (κ2) is 3.53. The molecule has 0 amide bonds. The van der Waals surface area contributed by atoms with Crippen LogP contribution in [-0.4, -0.2) is 24.5 Å². The highest BCUT2D eigenvalue weighted by molar-refractivity contribution is 5.46. The van der Waals surface area contributed by atoms with Gasteiger partial charge < -0.3 is 10.6 Å². The van der Waals surface area contributed by atoms with Crippen LogP contribution in [0.5, 0.6) is 0 Å². The van der Waals surface area contributed by atoms with Gasteiger partial charge in [0.05, 0.1) is 0 Å². The van der Waals surface area contributed by atoms with E-state index in [-0.39, 0.29) is 0 Å². The van der Waals surface area contributed by atoms with E-state index >= 15 is 0 Å². The van der Waals surface area contributed by atoms with Crippen LogP contribution in [-0.2, 0) is 12.8 Å². The first-order valence-electron chi connectivity index (χ1n) is 5.91. The van der Waals surface area contributed by atoms with Gasteiger partial charge in [0.2, 0.25) is 0 Å². The average molecular weight is 202 g/mol. The van der Waals surface area contributed by atoms with Gasteiger partial charge in [0.1, 0.15) is 0 Å². The largest absolute Gasteiger partial charge is 0.399 e. The van der Waals surface area contributed by atoms with E-state index in [4.69, 9.17) is 5.73 Å². The van der Waals surface area contributed by atoms with Crippen LogP contribution in [0.3, 0.4) is 0 Å². The summed E-state index contributed by atoms with van der Waals surface area (Å²) in [7, 11) is 0. The Bertz CT molecular complexity index is 369. The third kappa shape index (κ3) is 1.74. The molecular formula is C13H18N2. The maximum absolute atomic E-state index is 5.80. The van der Waals surface area contributed by atoms with Gasteiger partial charge in [-0.25, -0.2) is 0 Å². The molecule has 1 aromatic carbocycles. The van der Waals surface area contributed by atoms with E-state index in [1.54, 1.807) is 0 Å². The molecule has 80 valence electrons. The lowest BCUT2D eigenvalue weighted by Gasteiger charge is -2.32. The third-order valence-corrected chi connectivity index (χ3v) is 3.71. The van der Waals surface area contributed by atoms with Crippen LogP contribution in [0.2, 0.25) is 0 Å². The Morgan fingerprint density at radius 3 is 2.73 bits per heavy atom. The predicted octanol–water partition coefficient (Wildman–Crippen LogP) is 1.69. The number of hydrogen-bond acceptors (Lipinski definition) is 2. The van der Waals surface area contributed by atoms with E-state index in [9.17, 15) is 0 Å². The minimum Gasteiger partial charge on any atom is -0.399 e. The highest BCUT2D eigenvalue weighted by atomic mass is 15.2. The number of benzene rings is 1. The molecule has 1 fully saturated rings. The Morgan fingerprint density at radius 2 is 2.00 bits per heavy atom. The van der Waals surface area contributed by atoms with Gasteiger partial charge in [0.15, 0.2) is 0 Å². The normalized spacial score (nSPS) is 24.9. The monoisotopic (exact) mass is 202 g/mol. The van der Waals surface area contributed by atoms with Crippen molar-refractivity contribution in [1.82, 2.24) is 4.90 Å². The van der Waals surface area contributed by atoms with E-state index in [2.05, 4.69) is 17.0 Å². The summed E-state index contributed by atoms with van der Waals surface area (Å²) < 4.78 is 0. The summed E-state index contributed by atoms with van der Waals surface area (Å²) in [4.78, 5) is 2.57. The second-order valence-corrected chi connectivity index (χ2v) is 4.96. The molecule has 1 saturated heterocycles. The molecular weight excluding hydrogens is 184 g/mol. The van der Waals surface area contributed by atoms with Crippen molar-refractivity contribution in [2.45, 2.75) is 19.3 Å². The summed E-state index contributed by atoms with van der Waals surface area (Å²) in [6, 6.07) is 6.40. The van der Waals surface area contributed by atoms with E-state index in [1.807, 2.05) is 6.07 Å². The van der Waals surface area contributed by atoms with Crippen molar-refractivity contribution in [3.05, 3.63) is 29.3 Å². The van der Waals surface area contributed by atoms with Gasteiger partial charge in [-0.1, -0.05) is 6.07 Å². The van der Waals surface area contributed by atoms with Gasteiger partial charge in [0, 0.05) is 12.2 Å². The van der Waals surface area contributed by atoms with Crippen LogP contribution in [0.4, 0.5) is 5.69 Å². The van der Waals surface area contributed by atoms with Crippen molar-refractivity contribution in [2.24, 2.45) is 5.92 Å². The number of nitrogen functional groups attached to an aromatic ring is 1. The van der Waals surface area contributed by atoms with Gasteiger partial charge in [-0.3, -0.25) is 0 Å². The Morgan fingerprint density at radius 1 is 1.20 bits per heavy atom. The Balaban J connectivity index is 1.68. The average Bonchev–Trinajstić information content (AvgIpc) is 2.53. The molecule has 0 saturated carbocycles. The standard InChI is InChI=1S/C13H18N2/c14-13-3-2-11-6-10(7-12(11)8-13)9-15-4-1-5-15/h2-3,8,10H,1,4-7,9,14H2. The molecule has 1 aromatic rings. The lowest BCUT2D eigenvalue weighted by atomic mass is 10.0. The van der Waals surface area contributed by atoms with E-state index < -0.39 is 0 Å². The number of anilines is 1. The van der Waals surface area contributed by atoms with E-state index in [0.717, 1.165) is 11.6 Å². The number of likely N-dealkylation sites (tertiary alicyclic amines) is 1. The Hall–Kier alpha value is -1.02. The Kier molecular flexibility index (Phi) is 2.17. The van der Waals surface area contributed by atoms with Gasteiger partial charge in [-0.15, -0.1) is 0 Å². The smallest absolute Gasteiger partial charge is 0.0316 e. The topological polar surface area (TPSA) is 29.3 Å². The van der Waals surface area contributed by atoms with Crippen LogP contribution < -0.4 is 5.73 Å². The molecule has 15 heavy (non-hydrogen) atoms. The number of hydrogen-bond donors (Lipinski definition) is 1. The van der Waals surface area contributed by atoms with Gasteiger partial charge >= 0.3 is 0 Å². The number of rotatable bonds is 2. The molecule has 2 N–H and O–H groups in total. The first-order chi connectivity index (χ1) is 7.31. The minimum atomic E-state index is 0.835. The van der Waals surface area contributed by atoms with Crippen LogP contribution >= 0.6 is 0 Å². The Labute approximate surface area is 91.1 Å². The van der Waals surface area contributed by atoms with Crippen molar-refractivity contribution in [2.75, 3.05) is 25.4 Å². The highest BCUT2D eigenvalue weighted by Crippen LogP contribution is 2.29. The summed E-state index contributed by atoms with van der Waals surface area (Å²) in [6.45, 7) is 3.92. The third-order valence-electron chi connectivity index (χ3n) is 3.71. The van der Waals surface area contributed by atoms with Crippen LogP contribution in [0, 0.1) is 5.92 Å². The van der Waals surface area contributed by atoms with Crippen molar-refractivity contribution in [3.63, 3.8) is 0 Å². The number of nitrogens with zero attached hydrogens (tertiary/aromatic N) is 1. The first kappa shape index (κ1) is 9.22. The molecule has 1 unspecified atom stereocenters. The molecule has 3 rings (SSSR count). The summed E-state index contributed by atoms with van der Waals surface area (Å²) in [5, 5.41) is 0. The fourth-order valence-corrected chi connectivity index (χ4v) is 2.79. The summed E-state index contributed by atoms with van der Waals surface area (Å²) in [6.07, 6.45) is 3.88. The highest BCUT2D eigenvalue weighted by Gasteiger charge is 2.25. The zero-order valence-electron chi connectivity index (χ0n) is 9.08.